The van der Waals surface area contributed by atoms with Crippen molar-refractivity contribution in [2.45, 2.75) is 24.0 Å². The van der Waals surface area contributed by atoms with Crippen molar-refractivity contribution in [3.63, 3.8) is 0 Å². The number of methoxy groups -OCH3 is 1. The Labute approximate surface area is 74.3 Å². The van der Waals surface area contributed by atoms with Crippen LogP contribution < -0.4 is 0 Å². The van der Waals surface area contributed by atoms with Gasteiger partial charge in [-0.05, 0) is 17.9 Å². The smallest absolute Gasteiger partial charge is 0.183 e. The molecular formula is C8H11ClOSi. The molecule has 0 aromatic heterocycles. The van der Waals surface area contributed by atoms with Gasteiger partial charge < -0.3 is 4.74 Å². The Morgan fingerprint density at radius 3 is 2.91 bits per heavy atom. The Hall–Kier alpha value is 0.207. The van der Waals surface area contributed by atoms with E-state index in [0.717, 1.165) is 6.42 Å². The van der Waals surface area contributed by atoms with E-state index in [-0.39, 0.29) is 0 Å². The van der Waals surface area contributed by atoms with Gasteiger partial charge in [0.25, 0.3) is 0 Å². The first kappa shape index (κ1) is 7.84. The van der Waals surface area contributed by atoms with Crippen LogP contribution in [0.4, 0.5) is 0 Å². The Morgan fingerprint density at radius 2 is 2.45 bits per heavy atom. The van der Waals surface area contributed by atoms with E-state index in [1.54, 1.807) is 7.11 Å². The molecule has 2 bridgehead atoms. The maximum Gasteiger partial charge on any atom is 0.183 e. The molecule has 0 aromatic rings. The number of halogens is 1. The van der Waals surface area contributed by atoms with Crippen molar-refractivity contribution in [1.82, 2.24) is 0 Å². The topological polar surface area (TPSA) is 9.23 Å². The monoisotopic (exact) mass is 186 g/mol. The largest absolute Gasteiger partial charge is 0.381 e. The summed E-state index contributed by atoms with van der Waals surface area (Å²) in [6.07, 6.45) is 7.34. The maximum absolute atomic E-state index is 5.93. The molecule has 0 saturated heterocycles. The molecule has 0 spiro atoms. The van der Waals surface area contributed by atoms with Gasteiger partial charge in [-0.15, -0.1) is 0 Å². The minimum Gasteiger partial charge on any atom is -0.381 e. The van der Waals surface area contributed by atoms with E-state index in [4.69, 9.17) is 15.8 Å². The van der Waals surface area contributed by atoms with E-state index in [9.17, 15) is 0 Å². The molecular weight excluding hydrogens is 176 g/mol. The average molecular weight is 187 g/mol. The zero-order valence-electron chi connectivity index (χ0n) is 6.51. The highest BCUT2D eigenvalue weighted by Gasteiger charge is 2.47. The second-order valence-corrected chi connectivity index (χ2v) is 5.21. The lowest BCUT2D eigenvalue weighted by Crippen LogP contribution is -2.18. The van der Waals surface area contributed by atoms with Crippen molar-refractivity contribution >= 4 is 19.9 Å². The highest BCUT2D eigenvalue weighted by atomic mass is 35.6. The lowest BCUT2D eigenvalue weighted by molar-refractivity contribution is 0.0830. The van der Waals surface area contributed by atoms with Crippen LogP contribution in [-0.2, 0) is 4.74 Å². The van der Waals surface area contributed by atoms with Gasteiger partial charge >= 0.3 is 0 Å². The summed E-state index contributed by atoms with van der Waals surface area (Å²) in [5.41, 5.74) is 0. The van der Waals surface area contributed by atoms with Crippen LogP contribution in [0.2, 0.25) is 5.04 Å². The second-order valence-electron chi connectivity index (χ2n) is 3.46. The molecule has 2 rings (SSSR count). The zero-order chi connectivity index (χ0) is 7.90. The predicted molar refractivity (Wildman–Crippen MR) is 47.0 cm³/mol. The zero-order valence-corrected chi connectivity index (χ0v) is 8.27. The third kappa shape index (κ3) is 1.08. The number of hydrogen-bond acceptors (Lipinski definition) is 1. The summed E-state index contributed by atoms with van der Waals surface area (Å²) >= 11 is 5.93. The minimum absolute atomic E-state index is 0.312. The van der Waals surface area contributed by atoms with Gasteiger partial charge in [-0.25, -0.2) is 0 Å². The van der Waals surface area contributed by atoms with Gasteiger partial charge in [-0.2, -0.15) is 11.1 Å². The van der Waals surface area contributed by atoms with Crippen LogP contribution >= 0.6 is 11.1 Å². The van der Waals surface area contributed by atoms with E-state index < -0.39 is 0 Å². The number of rotatable bonds is 2. The summed E-state index contributed by atoms with van der Waals surface area (Å²) < 4.78 is 5.37. The number of allylic oxidation sites excluding steroid dienone is 1. The standard InChI is InChI=1S/C8H11ClOSi/c1-10-7-5-8(11-9)3-2-6(7)4-8/h2-3,6-7H,4-5H2,1H3. The predicted octanol–water partition coefficient (Wildman–Crippen LogP) is 2.00. The van der Waals surface area contributed by atoms with E-state index in [1.807, 2.05) is 0 Å². The summed E-state index contributed by atoms with van der Waals surface area (Å²) in [5.74, 6) is 0.645. The SMILES string of the molecule is COC1CC2([Si]Cl)C=CC1C2. The van der Waals surface area contributed by atoms with E-state index in [0.29, 0.717) is 25.9 Å². The van der Waals surface area contributed by atoms with Gasteiger partial charge in [0.15, 0.2) is 8.83 Å². The molecule has 1 fully saturated rings. The Bertz CT molecular complexity index is 195. The molecule has 3 heteroatoms. The molecule has 2 radical (unpaired) electrons. The Morgan fingerprint density at radius 1 is 1.64 bits per heavy atom. The first-order valence-electron chi connectivity index (χ1n) is 3.90. The van der Waals surface area contributed by atoms with Crippen LogP contribution in [0.1, 0.15) is 12.8 Å². The fourth-order valence-corrected chi connectivity index (χ4v) is 3.55. The van der Waals surface area contributed by atoms with Gasteiger partial charge in [-0.1, -0.05) is 12.2 Å². The van der Waals surface area contributed by atoms with Crippen LogP contribution in [0.25, 0.3) is 0 Å². The Balaban J connectivity index is 2.16. The first-order valence-corrected chi connectivity index (χ1v) is 5.91. The first-order chi connectivity index (χ1) is 5.29. The molecule has 0 amide bonds. The van der Waals surface area contributed by atoms with E-state index in [2.05, 4.69) is 12.2 Å². The fourth-order valence-electron chi connectivity index (χ4n) is 2.15. The number of fused-ring (bicyclic) bond motifs is 2. The summed E-state index contributed by atoms with van der Waals surface area (Å²) in [6, 6.07) is 0. The second kappa shape index (κ2) is 2.61. The number of ether oxygens (including phenoxy) is 1. The van der Waals surface area contributed by atoms with Crippen molar-refractivity contribution in [3.05, 3.63) is 12.2 Å². The third-order valence-corrected chi connectivity index (χ3v) is 4.88. The van der Waals surface area contributed by atoms with Gasteiger partial charge in [-0.3, -0.25) is 0 Å². The molecule has 2 aliphatic carbocycles. The molecule has 2 aliphatic rings. The van der Waals surface area contributed by atoms with Crippen LogP contribution in [-0.4, -0.2) is 22.0 Å². The average Bonchev–Trinajstić information content (AvgIpc) is 2.61. The summed E-state index contributed by atoms with van der Waals surface area (Å²) in [5, 5.41) is 0.312. The van der Waals surface area contributed by atoms with Crippen LogP contribution in [0.5, 0.6) is 0 Å². The molecule has 3 atom stereocenters. The van der Waals surface area contributed by atoms with Crippen LogP contribution in [0.15, 0.2) is 12.2 Å². The van der Waals surface area contributed by atoms with E-state index >= 15 is 0 Å². The van der Waals surface area contributed by atoms with Crippen molar-refractivity contribution in [2.24, 2.45) is 5.92 Å². The van der Waals surface area contributed by atoms with E-state index in [1.165, 1.54) is 6.42 Å². The minimum atomic E-state index is 0.312. The van der Waals surface area contributed by atoms with Crippen LogP contribution in [0.3, 0.4) is 0 Å². The molecule has 0 aliphatic heterocycles. The molecule has 1 nitrogen and oxygen atoms in total. The lowest BCUT2D eigenvalue weighted by Gasteiger charge is -2.21. The highest BCUT2D eigenvalue weighted by Crippen LogP contribution is 2.55. The molecule has 3 unspecified atom stereocenters. The maximum atomic E-state index is 5.93. The lowest BCUT2D eigenvalue weighted by atomic mass is 10.0. The molecule has 11 heavy (non-hydrogen) atoms. The molecule has 0 aromatic carbocycles. The molecule has 0 N–H and O–H groups in total. The number of hydrogen-bond donors (Lipinski definition) is 0. The van der Waals surface area contributed by atoms with Crippen molar-refractivity contribution in [3.8, 4) is 0 Å². The summed E-state index contributed by atoms with van der Waals surface area (Å²) in [7, 11) is 2.31. The van der Waals surface area contributed by atoms with Gasteiger partial charge in [0, 0.05) is 13.0 Å². The quantitative estimate of drug-likeness (QED) is 0.364. The third-order valence-electron chi connectivity index (χ3n) is 2.80. The van der Waals surface area contributed by atoms with Gasteiger partial charge in [0.2, 0.25) is 0 Å². The Kier molecular flexibility index (Phi) is 1.86. The fraction of sp³-hybridized carbons (Fsp3) is 0.750. The molecule has 60 valence electrons. The summed E-state index contributed by atoms with van der Waals surface area (Å²) in [4.78, 5) is 0. The van der Waals surface area contributed by atoms with Crippen molar-refractivity contribution < 1.29 is 4.74 Å². The van der Waals surface area contributed by atoms with Crippen molar-refractivity contribution in [1.29, 1.82) is 0 Å². The normalized spacial score (nSPS) is 47.1. The highest BCUT2D eigenvalue weighted by molar-refractivity contribution is 6.95. The van der Waals surface area contributed by atoms with Crippen LogP contribution in [0, 0.1) is 5.92 Å². The molecule has 0 heterocycles. The van der Waals surface area contributed by atoms with Gasteiger partial charge in [0.05, 0.1) is 6.10 Å². The van der Waals surface area contributed by atoms with Crippen molar-refractivity contribution in [2.75, 3.05) is 7.11 Å². The summed E-state index contributed by atoms with van der Waals surface area (Å²) in [6.45, 7) is 0. The molecule has 1 saturated carbocycles. The van der Waals surface area contributed by atoms with Gasteiger partial charge in [0.1, 0.15) is 0 Å².